The Morgan fingerprint density at radius 3 is 2.53 bits per heavy atom. The van der Waals surface area contributed by atoms with Crippen LogP contribution in [0.15, 0.2) is 90.1 Å². The average molecular weight is 421 g/mol. The van der Waals surface area contributed by atoms with E-state index in [1.54, 1.807) is 0 Å². The number of thiophene rings is 1. The highest BCUT2D eigenvalue weighted by Gasteiger charge is 2.21. The van der Waals surface area contributed by atoms with E-state index in [0.29, 0.717) is 0 Å². The molecule has 0 radical (unpaired) electrons. The van der Waals surface area contributed by atoms with Gasteiger partial charge in [-0.25, -0.2) is 4.98 Å². The van der Waals surface area contributed by atoms with E-state index in [1.807, 2.05) is 23.1 Å². The van der Waals surface area contributed by atoms with Gasteiger partial charge in [0.1, 0.15) is 0 Å². The van der Waals surface area contributed by atoms with E-state index in [9.17, 15) is 0 Å². The summed E-state index contributed by atoms with van der Waals surface area (Å²) in [6.07, 6.45) is 0. The molecule has 0 spiro atoms. The predicted octanol–water partition coefficient (Wildman–Crippen LogP) is 7.67. The van der Waals surface area contributed by atoms with Crippen molar-refractivity contribution < 1.29 is 0 Å². The Labute approximate surface area is 181 Å². The molecule has 0 aliphatic carbocycles. The third-order valence-electron chi connectivity index (χ3n) is 5.92. The first-order chi connectivity index (χ1) is 14.8. The Morgan fingerprint density at radius 2 is 1.53 bits per heavy atom. The second-order valence-electron chi connectivity index (χ2n) is 7.66. The summed E-state index contributed by atoms with van der Waals surface area (Å²) in [7, 11) is 0. The fourth-order valence-electron chi connectivity index (χ4n) is 4.48. The van der Waals surface area contributed by atoms with Crippen LogP contribution in [0.25, 0.3) is 48.0 Å². The van der Waals surface area contributed by atoms with Crippen molar-refractivity contribution in [3.8, 4) is 16.8 Å². The SMILES string of the molecule is c1ccc2c(c1)nc1n2-c2ccc(-c3ccc4sc5ccccc5c4c3)cc2CS1. The van der Waals surface area contributed by atoms with Gasteiger partial charge in [0.25, 0.3) is 0 Å². The zero-order chi connectivity index (χ0) is 19.7. The van der Waals surface area contributed by atoms with Crippen LogP contribution in [0.5, 0.6) is 0 Å². The van der Waals surface area contributed by atoms with Crippen LogP contribution in [0, 0.1) is 0 Å². The van der Waals surface area contributed by atoms with Gasteiger partial charge >= 0.3 is 0 Å². The van der Waals surface area contributed by atoms with Crippen molar-refractivity contribution in [3.05, 3.63) is 90.5 Å². The van der Waals surface area contributed by atoms with Crippen molar-refractivity contribution in [1.29, 1.82) is 0 Å². The Bertz CT molecular complexity index is 1610. The summed E-state index contributed by atoms with van der Waals surface area (Å²) < 4.78 is 5.01. The first-order valence-electron chi connectivity index (χ1n) is 10.0. The number of hydrogen-bond donors (Lipinski definition) is 0. The lowest BCUT2D eigenvalue weighted by Gasteiger charge is -2.19. The highest BCUT2D eigenvalue weighted by molar-refractivity contribution is 7.98. The zero-order valence-corrected chi connectivity index (χ0v) is 17.6. The molecule has 142 valence electrons. The van der Waals surface area contributed by atoms with Crippen LogP contribution < -0.4 is 0 Å². The van der Waals surface area contributed by atoms with E-state index in [1.165, 1.54) is 48.1 Å². The van der Waals surface area contributed by atoms with E-state index in [2.05, 4.69) is 89.5 Å². The molecule has 0 amide bonds. The number of para-hydroxylation sites is 2. The lowest BCUT2D eigenvalue weighted by molar-refractivity contribution is 0.895. The lowest BCUT2D eigenvalue weighted by atomic mass is 10.00. The van der Waals surface area contributed by atoms with Crippen LogP contribution in [0.2, 0.25) is 0 Å². The normalized spacial score (nSPS) is 13.1. The van der Waals surface area contributed by atoms with E-state index >= 15 is 0 Å². The van der Waals surface area contributed by atoms with Crippen molar-refractivity contribution >= 4 is 54.3 Å². The van der Waals surface area contributed by atoms with Crippen LogP contribution in [0.3, 0.4) is 0 Å². The third-order valence-corrected chi connectivity index (χ3v) is 8.06. The number of imidazole rings is 1. The molecule has 1 aliphatic rings. The first kappa shape index (κ1) is 16.7. The van der Waals surface area contributed by atoms with E-state index < -0.39 is 0 Å². The Balaban J connectivity index is 1.40. The Kier molecular flexibility index (Phi) is 3.45. The molecule has 4 aromatic carbocycles. The summed E-state index contributed by atoms with van der Waals surface area (Å²) in [6.45, 7) is 0. The molecule has 0 saturated heterocycles. The van der Waals surface area contributed by atoms with Gasteiger partial charge < -0.3 is 0 Å². The summed E-state index contributed by atoms with van der Waals surface area (Å²) >= 11 is 3.69. The van der Waals surface area contributed by atoms with Crippen molar-refractivity contribution in [2.45, 2.75) is 10.9 Å². The van der Waals surface area contributed by atoms with Crippen LogP contribution in [-0.2, 0) is 5.75 Å². The molecule has 0 fully saturated rings. The molecule has 1 aliphatic heterocycles. The summed E-state index contributed by atoms with van der Waals surface area (Å²) in [5.74, 6) is 0.954. The monoisotopic (exact) mass is 420 g/mol. The molecular formula is C26H16N2S2. The second-order valence-corrected chi connectivity index (χ2v) is 9.69. The highest BCUT2D eigenvalue weighted by Crippen LogP contribution is 2.40. The molecule has 2 aromatic heterocycles. The topological polar surface area (TPSA) is 17.8 Å². The lowest BCUT2D eigenvalue weighted by Crippen LogP contribution is -2.05. The minimum Gasteiger partial charge on any atom is -0.287 e. The van der Waals surface area contributed by atoms with Crippen LogP contribution in [-0.4, -0.2) is 9.55 Å². The molecular weight excluding hydrogens is 404 g/mol. The molecule has 2 nitrogen and oxygen atoms in total. The van der Waals surface area contributed by atoms with Gasteiger partial charge in [0.15, 0.2) is 5.16 Å². The fraction of sp³-hybridized carbons (Fsp3) is 0.0385. The van der Waals surface area contributed by atoms with Gasteiger partial charge in [-0.05, 0) is 59.2 Å². The standard InChI is InChI=1S/C26H16N2S2/c1-4-8-24-19(5-1)20-14-17(10-12-25(20)30-24)16-9-11-22-18(13-16)15-29-26-27-21-6-2-3-7-23(21)28(22)26/h1-14H,15H2. The Morgan fingerprint density at radius 1 is 0.733 bits per heavy atom. The quantitative estimate of drug-likeness (QED) is 0.272. The Hall–Kier alpha value is -3.08. The molecule has 0 bridgehead atoms. The molecule has 3 heterocycles. The maximum absolute atomic E-state index is 4.82. The van der Waals surface area contributed by atoms with Gasteiger partial charge in [0, 0.05) is 25.9 Å². The summed E-state index contributed by atoms with van der Waals surface area (Å²) in [6, 6.07) is 30.8. The molecule has 7 rings (SSSR count). The minimum absolute atomic E-state index is 0.954. The van der Waals surface area contributed by atoms with Gasteiger partial charge in [0.2, 0.25) is 0 Å². The summed E-state index contributed by atoms with van der Waals surface area (Å²) in [5.41, 5.74) is 7.41. The number of benzene rings is 4. The van der Waals surface area contributed by atoms with Gasteiger partial charge in [-0.15, -0.1) is 11.3 Å². The van der Waals surface area contributed by atoms with Gasteiger partial charge in [-0.2, -0.15) is 0 Å². The molecule has 4 heteroatoms. The number of thioether (sulfide) groups is 1. The van der Waals surface area contributed by atoms with Crippen LogP contribution >= 0.6 is 23.1 Å². The molecule has 30 heavy (non-hydrogen) atoms. The van der Waals surface area contributed by atoms with E-state index in [-0.39, 0.29) is 0 Å². The number of fused-ring (bicyclic) bond motifs is 8. The number of aromatic nitrogens is 2. The van der Waals surface area contributed by atoms with Gasteiger partial charge in [0.05, 0.1) is 16.7 Å². The smallest absolute Gasteiger partial charge is 0.174 e. The number of nitrogens with zero attached hydrogens (tertiary/aromatic N) is 2. The predicted molar refractivity (Wildman–Crippen MR) is 129 cm³/mol. The second kappa shape index (κ2) is 6.21. The van der Waals surface area contributed by atoms with Crippen molar-refractivity contribution in [1.82, 2.24) is 9.55 Å². The van der Waals surface area contributed by atoms with Crippen molar-refractivity contribution in [2.24, 2.45) is 0 Å². The molecule has 0 atom stereocenters. The van der Waals surface area contributed by atoms with Gasteiger partial charge in [-0.3, -0.25) is 4.57 Å². The maximum atomic E-state index is 4.82. The largest absolute Gasteiger partial charge is 0.287 e. The van der Waals surface area contributed by atoms with E-state index in [0.717, 1.165) is 16.4 Å². The van der Waals surface area contributed by atoms with Crippen molar-refractivity contribution in [2.75, 3.05) is 0 Å². The van der Waals surface area contributed by atoms with Crippen LogP contribution in [0.1, 0.15) is 5.56 Å². The van der Waals surface area contributed by atoms with Crippen LogP contribution in [0.4, 0.5) is 0 Å². The minimum atomic E-state index is 0.954. The van der Waals surface area contributed by atoms with Crippen molar-refractivity contribution in [3.63, 3.8) is 0 Å². The number of rotatable bonds is 1. The summed E-state index contributed by atoms with van der Waals surface area (Å²) in [5, 5.41) is 3.79. The summed E-state index contributed by atoms with van der Waals surface area (Å²) in [4.78, 5) is 4.82. The molecule has 6 aromatic rings. The fourth-order valence-corrected chi connectivity index (χ4v) is 6.57. The molecule has 0 unspecified atom stereocenters. The number of hydrogen-bond acceptors (Lipinski definition) is 3. The average Bonchev–Trinajstić information content (AvgIpc) is 3.36. The maximum Gasteiger partial charge on any atom is 0.174 e. The van der Waals surface area contributed by atoms with E-state index in [4.69, 9.17) is 4.98 Å². The first-order valence-corrected chi connectivity index (χ1v) is 11.8. The third kappa shape index (κ3) is 2.35. The van der Waals surface area contributed by atoms with Gasteiger partial charge in [-0.1, -0.05) is 54.2 Å². The zero-order valence-electron chi connectivity index (χ0n) is 16.0. The highest BCUT2D eigenvalue weighted by atomic mass is 32.2. The molecule has 0 saturated carbocycles. The molecule has 0 N–H and O–H groups in total.